The van der Waals surface area contributed by atoms with Gasteiger partial charge in [-0.05, 0) is 32.9 Å². The molecule has 1 atom stereocenters. The molecule has 1 aromatic rings. The summed E-state index contributed by atoms with van der Waals surface area (Å²) >= 11 is 0. The molecule has 0 aliphatic carbocycles. The van der Waals surface area contributed by atoms with Crippen LogP contribution in [0.4, 0.5) is 23.7 Å². The van der Waals surface area contributed by atoms with Crippen molar-refractivity contribution < 1.29 is 27.8 Å². The van der Waals surface area contributed by atoms with Crippen molar-refractivity contribution in [3.8, 4) is 5.75 Å². The fourth-order valence-corrected chi connectivity index (χ4v) is 1.65. The number of halogens is 3. The molecule has 0 aromatic heterocycles. The fourth-order valence-electron chi connectivity index (χ4n) is 1.65. The number of benzene rings is 1. The van der Waals surface area contributed by atoms with Gasteiger partial charge in [-0.3, -0.25) is 0 Å². The minimum Gasteiger partial charge on any atom is -0.486 e. The molecule has 2 amide bonds. The normalized spacial score (nSPS) is 13.4. The maximum Gasteiger partial charge on any atom is 0.416 e. The summed E-state index contributed by atoms with van der Waals surface area (Å²) in [6, 6.07) is 5.82. The molecule has 0 spiro atoms. The Morgan fingerprint density at radius 3 is 2.39 bits per heavy atom. The maximum absolute atomic E-state index is 12.3. The Hall–Kier alpha value is -1.96. The number of ether oxygens (including phenoxy) is 1. The second kappa shape index (κ2) is 7.08. The van der Waals surface area contributed by atoms with Crippen LogP contribution in [0.3, 0.4) is 0 Å². The van der Waals surface area contributed by atoms with Gasteiger partial charge in [-0.15, -0.1) is 0 Å². The number of aliphatic hydroxyl groups excluding tert-OH is 1. The molecule has 1 unspecified atom stereocenters. The molecule has 5 nitrogen and oxygen atoms in total. The van der Waals surface area contributed by atoms with Gasteiger partial charge in [0.15, 0.2) is 6.10 Å². The Bertz CT molecular complexity index is 542. The third kappa shape index (κ3) is 6.35. The zero-order chi connectivity index (χ0) is 17.8. The quantitative estimate of drug-likeness (QED) is 0.888. The van der Waals surface area contributed by atoms with Crippen LogP contribution in [0.2, 0.25) is 0 Å². The second-order valence-electron chi connectivity index (χ2n) is 6.08. The van der Waals surface area contributed by atoms with E-state index in [9.17, 15) is 18.0 Å². The van der Waals surface area contributed by atoms with Gasteiger partial charge in [0.1, 0.15) is 11.4 Å². The van der Waals surface area contributed by atoms with E-state index in [4.69, 9.17) is 9.84 Å². The van der Waals surface area contributed by atoms with E-state index in [1.54, 1.807) is 24.3 Å². The van der Waals surface area contributed by atoms with E-state index in [1.165, 1.54) is 0 Å². The highest BCUT2D eigenvalue weighted by molar-refractivity contribution is 5.90. The number of anilines is 1. The van der Waals surface area contributed by atoms with E-state index >= 15 is 0 Å². The summed E-state index contributed by atoms with van der Waals surface area (Å²) in [5, 5.41) is 11.5. The number of carbonyl (C=O) groups is 1. The fraction of sp³-hybridized carbons (Fsp3) is 0.533. The minimum absolute atomic E-state index is 0.334. The molecule has 1 aromatic carbocycles. The number of amides is 2. The third-order valence-electron chi connectivity index (χ3n) is 2.72. The van der Waals surface area contributed by atoms with Crippen molar-refractivity contribution in [1.82, 2.24) is 4.90 Å². The Morgan fingerprint density at radius 1 is 1.30 bits per heavy atom. The van der Waals surface area contributed by atoms with Gasteiger partial charge in [0.05, 0.1) is 12.2 Å². The highest BCUT2D eigenvalue weighted by Crippen LogP contribution is 2.28. The molecular formula is C15H21F3N2O3. The lowest BCUT2D eigenvalue weighted by molar-refractivity contribution is -0.205. The SMILES string of the molecule is CN(CC(O)C(F)(F)F)C(=O)Nc1ccccc1OC(C)(C)C. The Kier molecular flexibility index (Phi) is 5.87. The van der Waals surface area contributed by atoms with Crippen molar-refractivity contribution in [2.75, 3.05) is 18.9 Å². The lowest BCUT2D eigenvalue weighted by Gasteiger charge is -2.25. The summed E-state index contributed by atoms with van der Waals surface area (Å²) in [6.45, 7) is 4.63. The molecule has 130 valence electrons. The predicted molar refractivity (Wildman–Crippen MR) is 80.5 cm³/mol. The number of para-hydroxylation sites is 2. The number of aliphatic hydroxyl groups is 1. The van der Waals surface area contributed by atoms with Gasteiger partial charge in [-0.25, -0.2) is 4.79 Å². The molecule has 0 saturated heterocycles. The van der Waals surface area contributed by atoms with E-state index < -0.39 is 30.5 Å². The van der Waals surface area contributed by atoms with E-state index in [2.05, 4.69) is 5.32 Å². The van der Waals surface area contributed by atoms with Crippen LogP contribution in [-0.4, -0.2) is 47.5 Å². The number of nitrogens with zero attached hydrogens (tertiary/aromatic N) is 1. The van der Waals surface area contributed by atoms with Crippen LogP contribution < -0.4 is 10.1 Å². The molecule has 0 saturated carbocycles. The molecule has 0 heterocycles. The van der Waals surface area contributed by atoms with Crippen LogP contribution in [0.25, 0.3) is 0 Å². The zero-order valence-corrected chi connectivity index (χ0v) is 13.4. The highest BCUT2D eigenvalue weighted by atomic mass is 19.4. The van der Waals surface area contributed by atoms with Gasteiger partial charge in [-0.1, -0.05) is 12.1 Å². The topological polar surface area (TPSA) is 61.8 Å². The van der Waals surface area contributed by atoms with Gasteiger partial charge >= 0.3 is 12.2 Å². The van der Waals surface area contributed by atoms with Crippen molar-refractivity contribution in [2.45, 2.75) is 38.7 Å². The summed E-state index contributed by atoms with van der Waals surface area (Å²) in [4.78, 5) is 12.7. The van der Waals surface area contributed by atoms with Gasteiger partial charge in [0, 0.05) is 7.05 Å². The highest BCUT2D eigenvalue weighted by Gasteiger charge is 2.39. The van der Waals surface area contributed by atoms with Gasteiger partial charge in [0.25, 0.3) is 0 Å². The molecule has 1 rings (SSSR count). The molecule has 23 heavy (non-hydrogen) atoms. The van der Waals surface area contributed by atoms with E-state index in [0.29, 0.717) is 11.4 Å². The average Bonchev–Trinajstić information content (AvgIpc) is 2.38. The lowest BCUT2D eigenvalue weighted by atomic mass is 10.2. The molecule has 0 aliphatic heterocycles. The zero-order valence-electron chi connectivity index (χ0n) is 13.4. The molecule has 0 radical (unpaired) electrons. The average molecular weight is 334 g/mol. The molecular weight excluding hydrogens is 313 g/mol. The Balaban J connectivity index is 2.78. The first-order valence-electron chi connectivity index (χ1n) is 6.95. The van der Waals surface area contributed by atoms with Gasteiger partial charge < -0.3 is 20.1 Å². The number of nitrogens with one attached hydrogen (secondary N) is 1. The number of alkyl halides is 3. The van der Waals surface area contributed by atoms with Crippen molar-refractivity contribution in [2.24, 2.45) is 0 Å². The van der Waals surface area contributed by atoms with E-state index in [0.717, 1.165) is 11.9 Å². The largest absolute Gasteiger partial charge is 0.486 e. The molecule has 0 aliphatic rings. The smallest absolute Gasteiger partial charge is 0.416 e. The first-order valence-corrected chi connectivity index (χ1v) is 6.95. The summed E-state index contributed by atoms with van der Waals surface area (Å²) in [7, 11) is 1.16. The van der Waals surface area contributed by atoms with Gasteiger partial charge in [-0.2, -0.15) is 13.2 Å². The van der Waals surface area contributed by atoms with E-state index in [-0.39, 0.29) is 0 Å². The van der Waals surface area contributed by atoms with Crippen LogP contribution in [-0.2, 0) is 0 Å². The molecule has 0 fully saturated rings. The van der Waals surface area contributed by atoms with Crippen molar-refractivity contribution in [1.29, 1.82) is 0 Å². The van der Waals surface area contributed by atoms with Crippen molar-refractivity contribution in [3.63, 3.8) is 0 Å². The first-order chi connectivity index (χ1) is 10.4. The molecule has 8 heteroatoms. The Morgan fingerprint density at radius 2 is 1.87 bits per heavy atom. The second-order valence-corrected chi connectivity index (χ2v) is 6.08. The third-order valence-corrected chi connectivity index (χ3v) is 2.72. The number of carbonyl (C=O) groups excluding carboxylic acids is 1. The number of likely N-dealkylation sites (N-methyl/N-ethyl adjacent to an activating group) is 1. The van der Waals surface area contributed by atoms with Crippen LogP contribution in [0.15, 0.2) is 24.3 Å². The molecule has 0 bridgehead atoms. The van der Waals surface area contributed by atoms with Crippen LogP contribution in [0.1, 0.15) is 20.8 Å². The minimum atomic E-state index is -4.78. The summed E-state index contributed by atoms with van der Waals surface area (Å²) in [6.07, 6.45) is -7.37. The predicted octanol–water partition coefficient (Wildman–Crippen LogP) is 3.25. The first kappa shape index (κ1) is 19.1. The maximum atomic E-state index is 12.3. The van der Waals surface area contributed by atoms with Crippen molar-refractivity contribution in [3.05, 3.63) is 24.3 Å². The molecule has 2 N–H and O–H groups in total. The van der Waals surface area contributed by atoms with E-state index in [1.807, 2.05) is 20.8 Å². The summed E-state index contributed by atoms with van der Waals surface area (Å²) in [5.41, 5.74) is -0.167. The van der Waals surface area contributed by atoms with Gasteiger partial charge in [0.2, 0.25) is 0 Å². The van der Waals surface area contributed by atoms with Crippen LogP contribution in [0.5, 0.6) is 5.75 Å². The number of urea groups is 1. The van der Waals surface area contributed by atoms with Crippen LogP contribution >= 0.6 is 0 Å². The number of hydrogen-bond donors (Lipinski definition) is 2. The standard InChI is InChI=1S/C15H21F3N2O3/c1-14(2,3)23-11-8-6-5-7-10(11)19-13(22)20(4)9-12(21)15(16,17)18/h5-8,12,21H,9H2,1-4H3,(H,19,22). The van der Waals surface area contributed by atoms with Crippen LogP contribution in [0, 0.1) is 0 Å². The monoisotopic (exact) mass is 334 g/mol. The number of rotatable bonds is 4. The lowest BCUT2D eigenvalue weighted by Crippen LogP contribution is -2.43. The summed E-state index contributed by atoms with van der Waals surface area (Å²) < 4.78 is 42.7. The van der Waals surface area contributed by atoms with Crippen molar-refractivity contribution >= 4 is 11.7 Å². The Labute approximate surface area is 133 Å². The number of hydrogen-bond acceptors (Lipinski definition) is 3. The summed E-state index contributed by atoms with van der Waals surface area (Å²) in [5.74, 6) is 0.401.